The minimum atomic E-state index is -0.921. The van der Waals surface area contributed by atoms with E-state index < -0.39 is 11.9 Å². The molecule has 0 saturated heterocycles. The first kappa shape index (κ1) is 13.8. The lowest BCUT2D eigenvalue weighted by Gasteiger charge is -2.09. The van der Waals surface area contributed by atoms with Crippen LogP contribution in [-0.2, 0) is 20.9 Å². The van der Waals surface area contributed by atoms with Crippen LogP contribution in [0.1, 0.15) is 5.56 Å². The van der Waals surface area contributed by atoms with E-state index in [0.29, 0.717) is 11.5 Å². The first-order chi connectivity index (χ1) is 8.62. The van der Waals surface area contributed by atoms with Crippen LogP contribution in [0, 0.1) is 0 Å². The molecule has 1 aromatic carbocycles. The molecule has 0 aliphatic rings. The summed E-state index contributed by atoms with van der Waals surface area (Å²) in [4.78, 5) is 22.1. The summed E-state index contributed by atoms with van der Waals surface area (Å²) in [5.41, 5.74) is 0.782. The molecule has 18 heavy (non-hydrogen) atoms. The van der Waals surface area contributed by atoms with Gasteiger partial charge in [-0.05, 0) is 17.7 Å². The highest BCUT2D eigenvalue weighted by Gasteiger charge is 2.13. The standard InChI is InChI=1S/C12H15NO5/c1-16-9-5-4-8(6-10(9)17-2)7-13-11(14)12(15)18-3/h4-6H,7H2,1-3H3,(H,13,14). The van der Waals surface area contributed by atoms with Crippen molar-refractivity contribution >= 4 is 11.9 Å². The zero-order chi connectivity index (χ0) is 13.5. The highest BCUT2D eigenvalue weighted by atomic mass is 16.5. The maximum atomic E-state index is 11.2. The van der Waals surface area contributed by atoms with Crippen LogP contribution in [0.4, 0.5) is 0 Å². The number of nitrogens with one attached hydrogen (secondary N) is 1. The van der Waals surface area contributed by atoms with Gasteiger partial charge < -0.3 is 19.5 Å². The summed E-state index contributed by atoms with van der Waals surface area (Å²) < 4.78 is 14.5. The molecule has 0 aliphatic heterocycles. The van der Waals surface area contributed by atoms with Crippen LogP contribution in [0.3, 0.4) is 0 Å². The topological polar surface area (TPSA) is 73.9 Å². The van der Waals surface area contributed by atoms with Crippen molar-refractivity contribution < 1.29 is 23.8 Å². The summed E-state index contributed by atoms with van der Waals surface area (Å²) in [6.07, 6.45) is 0. The Labute approximate surface area is 105 Å². The lowest BCUT2D eigenvalue weighted by atomic mass is 10.2. The fourth-order valence-corrected chi connectivity index (χ4v) is 1.34. The van der Waals surface area contributed by atoms with E-state index in [1.807, 2.05) is 0 Å². The van der Waals surface area contributed by atoms with Crippen LogP contribution in [0.2, 0.25) is 0 Å². The number of esters is 1. The van der Waals surface area contributed by atoms with Crippen molar-refractivity contribution in [3.63, 3.8) is 0 Å². The maximum absolute atomic E-state index is 11.2. The molecule has 0 aromatic heterocycles. The lowest BCUT2D eigenvalue weighted by Crippen LogP contribution is -2.31. The Morgan fingerprint density at radius 1 is 1.11 bits per heavy atom. The Hall–Kier alpha value is -2.24. The van der Waals surface area contributed by atoms with Gasteiger partial charge in [0, 0.05) is 6.54 Å². The Morgan fingerprint density at radius 2 is 1.78 bits per heavy atom. The monoisotopic (exact) mass is 253 g/mol. The van der Waals surface area contributed by atoms with Gasteiger partial charge in [0.25, 0.3) is 0 Å². The van der Waals surface area contributed by atoms with Crippen LogP contribution < -0.4 is 14.8 Å². The third-order valence-electron chi connectivity index (χ3n) is 2.27. The average Bonchev–Trinajstić information content (AvgIpc) is 2.43. The zero-order valence-electron chi connectivity index (χ0n) is 10.5. The van der Waals surface area contributed by atoms with E-state index in [4.69, 9.17) is 9.47 Å². The molecule has 1 aromatic rings. The molecule has 6 nitrogen and oxygen atoms in total. The minimum Gasteiger partial charge on any atom is -0.493 e. The molecular weight excluding hydrogens is 238 g/mol. The van der Waals surface area contributed by atoms with Crippen LogP contribution in [0.5, 0.6) is 11.5 Å². The quantitative estimate of drug-likeness (QED) is 0.624. The van der Waals surface area contributed by atoms with Gasteiger partial charge in [-0.3, -0.25) is 4.79 Å². The number of ether oxygens (including phenoxy) is 3. The van der Waals surface area contributed by atoms with E-state index in [-0.39, 0.29) is 6.54 Å². The molecule has 0 aliphatic carbocycles. The third kappa shape index (κ3) is 3.38. The molecule has 1 N–H and O–H groups in total. The Bertz CT molecular complexity index is 444. The summed E-state index contributed by atoms with van der Waals surface area (Å²) in [6, 6.07) is 5.20. The molecule has 1 amide bonds. The first-order valence-corrected chi connectivity index (χ1v) is 5.19. The molecule has 1 rings (SSSR count). The minimum absolute atomic E-state index is 0.203. The highest BCUT2D eigenvalue weighted by Crippen LogP contribution is 2.27. The van der Waals surface area contributed by atoms with Gasteiger partial charge in [0.1, 0.15) is 0 Å². The second-order valence-electron chi connectivity index (χ2n) is 3.36. The summed E-state index contributed by atoms with van der Waals surface area (Å²) in [7, 11) is 4.21. The van der Waals surface area contributed by atoms with Crippen LogP contribution >= 0.6 is 0 Å². The predicted molar refractivity (Wildman–Crippen MR) is 63.4 cm³/mol. The Kier molecular flexibility index (Phi) is 4.98. The fourth-order valence-electron chi connectivity index (χ4n) is 1.34. The van der Waals surface area contributed by atoms with Crippen LogP contribution in [-0.4, -0.2) is 33.2 Å². The van der Waals surface area contributed by atoms with Crippen molar-refractivity contribution in [2.75, 3.05) is 21.3 Å². The molecular formula is C12H15NO5. The van der Waals surface area contributed by atoms with E-state index in [1.54, 1.807) is 18.2 Å². The highest BCUT2D eigenvalue weighted by molar-refractivity contribution is 6.32. The molecule has 0 fully saturated rings. The normalized spacial score (nSPS) is 9.50. The molecule has 0 radical (unpaired) electrons. The number of carbonyl (C=O) groups excluding carboxylic acids is 2. The van der Waals surface area contributed by atoms with E-state index in [2.05, 4.69) is 10.1 Å². The summed E-state index contributed by atoms with van der Waals surface area (Å²) in [5, 5.41) is 2.43. The molecule has 0 spiro atoms. The van der Waals surface area contributed by atoms with Crippen LogP contribution in [0.25, 0.3) is 0 Å². The largest absolute Gasteiger partial charge is 0.493 e. The third-order valence-corrected chi connectivity index (χ3v) is 2.27. The summed E-state index contributed by atoms with van der Waals surface area (Å²) in [5.74, 6) is -0.550. The van der Waals surface area contributed by atoms with E-state index in [1.165, 1.54) is 14.2 Å². The molecule has 0 bridgehead atoms. The second-order valence-corrected chi connectivity index (χ2v) is 3.36. The van der Waals surface area contributed by atoms with Gasteiger partial charge in [-0.25, -0.2) is 4.79 Å². The molecule has 0 unspecified atom stereocenters. The van der Waals surface area contributed by atoms with Crippen LogP contribution in [0.15, 0.2) is 18.2 Å². The Balaban J connectivity index is 2.68. The number of carbonyl (C=O) groups is 2. The number of rotatable bonds is 4. The van der Waals surface area contributed by atoms with Gasteiger partial charge in [-0.1, -0.05) is 6.07 Å². The van der Waals surface area contributed by atoms with E-state index in [9.17, 15) is 9.59 Å². The van der Waals surface area contributed by atoms with Crippen molar-refractivity contribution in [1.29, 1.82) is 0 Å². The van der Waals surface area contributed by atoms with Gasteiger partial charge in [0.15, 0.2) is 11.5 Å². The van der Waals surface area contributed by atoms with Crippen molar-refractivity contribution in [2.45, 2.75) is 6.54 Å². The Morgan fingerprint density at radius 3 is 2.33 bits per heavy atom. The SMILES string of the molecule is COC(=O)C(=O)NCc1ccc(OC)c(OC)c1. The molecule has 0 saturated carbocycles. The number of amides is 1. The summed E-state index contributed by atoms with van der Waals surface area (Å²) >= 11 is 0. The van der Waals surface area contributed by atoms with Crippen molar-refractivity contribution in [2.24, 2.45) is 0 Å². The predicted octanol–water partition coefficient (Wildman–Crippen LogP) is 0.493. The average molecular weight is 253 g/mol. The fraction of sp³-hybridized carbons (Fsp3) is 0.333. The van der Waals surface area contributed by atoms with Crippen molar-refractivity contribution in [3.05, 3.63) is 23.8 Å². The molecule has 98 valence electrons. The number of hydrogen-bond donors (Lipinski definition) is 1. The van der Waals surface area contributed by atoms with Gasteiger partial charge in [-0.15, -0.1) is 0 Å². The number of benzene rings is 1. The lowest BCUT2D eigenvalue weighted by molar-refractivity contribution is -0.152. The molecule has 0 atom stereocenters. The second kappa shape index (κ2) is 6.48. The number of methoxy groups -OCH3 is 3. The molecule has 0 heterocycles. The van der Waals surface area contributed by atoms with Gasteiger partial charge in [-0.2, -0.15) is 0 Å². The zero-order valence-corrected chi connectivity index (χ0v) is 10.5. The first-order valence-electron chi connectivity index (χ1n) is 5.19. The number of hydrogen-bond acceptors (Lipinski definition) is 5. The van der Waals surface area contributed by atoms with Gasteiger partial charge >= 0.3 is 11.9 Å². The van der Waals surface area contributed by atoms with E-state index >= 15 is 0 Å². The summed E-state index contributed by atoms with van der Waals surface area (Å²) in [6.45, 7) is 0.203. The van der Waals surface area contributed by atoms with Gasteiger partial charge in [0.05, 0.1) is 21.3 Å². The van der Waals surface area contributed by atoms with Gasteiger partial charge in [0.2, 0.25) is 0 Å². The van der Waals surface area contributed by atoms with Crippen molar-refractivity contribution in [1.82, 2.24) is 5.32 Å². The molecule has 6 heteroatoms. The maximum Gasteiger partial charge on any atom is 0.396 e. The van der Waals surface area contributed by atoms with Crippen molar-refractivity contribution in [3.8, 4) is 11.5 Å². The van der Waals surface area contributed by atoms with E-state index in [0.717, 1.165) is 12.7 Å². The smallest absolute Gasteiger partial charge is 0.396 e.